The van der Waals surface area contributed by atoms with E-state index in [0.29, 0.717) is 18.1 Å². The van der Waals surface area contributed by atoms with Crippen LogP contribution in [-0.4, -0.2) is 36.7 Å². The molecule has 1 heterocycles. The van der Waals surface area contributed by atoms with Crippen LogP contribution < -0.4 is 10.1 Å². The summed E-state index contributed by atoms with van der Waals surface area (Å²) in [6, 6.07) is 12.2. The molecule has 27 heavy (non-hydrogen) atoms. The van der Waals surface area contributed by atoms with Crippen molar-refractivity contribution < 1.29 is 22.7 Å². The largest absolute Gasteiger partial charge is 0.482 e. The van der Waals surface area contributed by atoms with Crippen LogP contribution in [0.2, 0.25) is 5.02 Å². The second-order valence-corrected chi connectivity index (χ2v) is 6.67. The van der Waals surface area contributed by atoms with E-state index in [1.54, 1.807) is 4.90 Å². The van der Waals surface area contributed by atoms with E-state index >= 15 is 0 Å². The maximum absolute atomic E-state index is 12.5. The lowest BCUT2D eigenvalue weighted by Gasteiger charge is -2.29. The molecule has 0 aliphatic carbocycles. The molecule has 0 saturated carbocycles. The van der Waals surface area contributed by atoms with Gasteiger partial charge in [0.1, 0.15) is 5.75 Å². The quantitative estimate of drug-likeness (QED) is 0.817. The van der Waals surface area contributed by atoms with Gasteiger partial charge in [-0.3, -0.25) is 4.79 Å². The molecule has 1 N–H and O–H groups in total. The number of alkyl halides is 3. The molecule has 8 heteroatoms. The lowest BCUT2D eigenvalue weighted by molar-refractivity contribution is -0.153. The van der Waals surface area contributed by atoms with Gasteiger partial charge in [-0.1, -0.05) is 35.9 Å². The van der Waals surface area contributed by atoms with Crippen LogP contribution >= 0.6 is 11.6 Å². The summed E-state index contributed by atoms with van der Waals surface area (Å²) in [5, 5.41) is 3.17. The Hall–Kier alpha value is -2.41. The molecule has 144 valence electrons. The van der Waals surface area contributed by atoms with Crippen molar-refractivity contribution >= 4 is 23.2 Å². The van der Waals surface area contributed by atoms with Crippen LogP contribution in [0.4, 0.5) is 18.9 Å². The number of hydrogen-bond acceptors (Lipinski definition) is 3. The number of carbonyl (C=O) groups is 1. The topological polar surface area (TPSA) is 41.6 Å². The summed E-state index contributed by atoms with van der Waals surface area (Å²) in [4.78, 5) is 14.2. The molecule has 2 aromatic rings. The molecular formula is C19H18ClF3N2O2. The molecule has 1 aliphatic rings. The molecule has 0 aromatic heterocycles. The van der Waals surface area contributed by atoms with Gasteiger partial charge in [-0.2, -0.15) is 13.2 Å². The molecule has 0 saturated heterocycles. The van der Waals surface area contributed by atoms with Gasteiger partial charge in [-0.25, -0.2) is 0 Å². The predicted octanol–water partition coefficient (Wildman–Crippen LogP) is 4.28. The SMILES string of the molecule is O=C(CNc1cc(Cl)ccc1OCC(F)(F)F)N1CCc2ccccc2C1. The average Bonchev–Trinajstić information content (AvgIpc) is 2.64. The second-order valence-electron chi connectivity index (χ2n) is 6.23. The molecule has 0 atom stereocenters. The van der Waals surface area contributed by atoms with Gasteiger partial charge >= 0.3 is 6.18 Å². The van der Waals surface area contributed by atoms with Crippen molar-refractivity contribution in [1.29, 1.82) is 0 Å². The van der Waals surface area contributed by atoms with Gasteiger partial charge in [-0.05, 0) is 35.7 Å². The Balaban J connectivity index is 1.62. The van der Waals surface area contributed by atoms with Gasteiger partial charge in [-0.15, -0.1) is 0 Å². The standard InChI is InChI=1S/C19H18ClF3N2O2/c20-15-5-6-17(27-12-19(21,22)23)16(9-15)24-10-18(26)25-8-7-13-3-1-2-4-14(13)11-25/h1-6,9,24H,7-8,10-12H2. The highest BCUT2D eigenvalue weighted by Crippen LogP contribution is 2.29. The number of nitrogens with one attached hydrogen (secondary N) is 1. The average molecular weight is 399 g/mol. The molecule has 0 unspecified atom stereocenters. The van der Waals surface area contributed by atoms with E-state index in [1.807, 2.05) is 24.3 Å². The van der Waals surface area contributed by atoms with Gasteiger partial charge < -0.3 is 15.0 Å². The normalized spacial score (nSPS) is 13.9. The Labute approximate surface area is 159 Å². The number of fused-ring (bicyclic) bond motifs is 1. The minimum Gasteiger partial charge on any atom is -0.482 e. The maximum Gasteiger partial charge on any atom is 0.422 e. The maximum atomic E-state index is 12.5. The fourth-order valence-electron chi connectivity index (χ4n) is 2.92. The molecule has 1 amide bonds. The molecule has 0 fully saturated rings. The first kappa shape index (κ1) is 19.4. The monoisotopic (exact) mass is 398 g/mol. The Bertz CT molecular complexity index is 827. The second kappa shape index (κ2) is 8.08. The number of halogens is 4. The zero-order valence-corrected chi connectivity index (χ0v) is 15.1. The van der Waals surface area contributed by atoms with Crippen LogP contribution in [0.5, 0.6) is 5.75 Å². The number of rotatable bonds is 5. The summed E-state index contributed by atoms with van der Waals surface area (Å²) >= 11 is 5.91. The van der Waals surface area contributed by atoms with E-state index in [-0.39, 0.29) is 23.9 Å². The summed E-state index contributed by atoms with van der Waals surface area (Å²) in [7, 11) is 0. The van der Waals surface area contributed by atoms with Crippen LogP contribution in [-0.2, 0) is 17.8 Å². The molecular weight excluding hydrogens is 381 g/mol. The van der Waals surface area contributed by atoms with E-state index in [0.717, 1.165) is 12.0 Å². The fourth-order valence-corrected chi connectivity index (χ4v) is 3.09. The first-order valence-electron chi connectivity index (χ1n) is 8.39. The first-order chi connectivity index (χ1) is 12.8. The highest BCUT2D eigenvalue weighted by molar-refractivity contribution is 6.30. The summed E-state index contributed by atoms with van der Waals surface area (Å²) in [5.41, 5.74) is 2.58. The molecule has 0 spiro atoms. The minimum atomic E-state index is -4.45. The third-order valence-corrected chi connectivity index (χ3v) is 4.48. The van der Waals surface area contributed by atoms with Crippen LogP contribution in [0, 0.1) is 0 Å². The fraction of sp³-hybridized carbons (Fsp3) is 0.316. The van der Waals surface area contributed by atoms with Gasteiger partial charge in [0.2, 0.25) is 5.91 Å². The molecule has 0 radical (unpaired) electrons. The van der Waals surface area contributed by atoms with Gasteiger partial charge in [0, 0.05) is 18.1 Å². The summed E-state index contributed by atoms with van der Waals surface area (Å²) in [5.74, 6) is -0.153. The number of anilines is 1. The zero-order chi connectivity index (χ0) is 19.4. The van der Waals surface area contributed by atoms with E-state index in [4.69, 9.17) is 16.3 Å². The number of hydrogen-bond donors (Lipinski definition) is 1. The number of carbonyl (C=O) groups excluding carboxylic acids is 1. The van der Waals surface area contributed by atoms with E-state index < -0.39 is 12.8 Å². The van der Waals surface area contributed by atoms with E-state index in [9.17, 15) is 18.0 Å². The molecule has 1 aliphatic heterocycles. The van der Waals surface area contributed by atoms with Crippen molar-refractivity contribution in [3.05, 3.63) is 58.6 Å². The van der Waals surface area contributed by atoms with Crippen molar-refractivity contribution in [3.63, 3.8) is 0 Å². The Morgan fingerprint density at radius 1 is 1.19 bits per heavy atom. The van der Waals surface area contributed by atoms with Crippen molar-refractivity contribution in [1.82, 2.24) is 4.90 Å². The van der Waals surface area contributed by atoms with Crippen molar-refractivity contribution in [3.8, 4) is 5.75 Å². The van der Waals surface area contributed by atoms with Crippen molar-refractivity contribution in [2.24, 2.45) is 0 Å². The highest BCUT2D eigenvalue weighted by atomic mass is 35.5. The zero-order valence-electron chi connectivity index (χ0n) is 14.4. The van der Waals surface area contributed by atoms with Crippen molar-refractivity contribution in [2.75, 3.05) is 25.0 Å². The third-order valence-electron chi connectivity index (χ3n) is 4.25. The lowest BCUT2D eigenvalue weighted by Crippen LogP contribution is -2.39. The Kier molecular flexibility index (Phi) is 5.79. The Morgan fingerprint density at radius 2 is 1.93 bits per heavy atom. The summed E-state index contributed by atoms with van der Waals surface area (Å²) in [6.07, 6.45) is -3.67. The molecule has 3 rings (SSSR count). The molecule has 2 aromatic carbocycles. The minimum absolute atomic E-state index is 0.00600. The number of amides is 1. The number of benzene rings is 2. The van der Waals surface area contributed by atoms with Crippen LogP contribution in [0.15, 0.2) is 42.5 Å². The lowest BCUT2D eigenvalue weighted by atomic mass is 10.00. The van der Waals surface area contributed by atoms with E-state index in [1.165, 1.54) is 23.8 Å². The summed E-state index contributed by atoms with van der Waals surface area (Å²) in [6.45, 7) is -0.362. The molecule has 4 nitrogen and oxygen atoms in total. The highest BCUT2D eigenvalue weighted by Gasteiger charge is 2.29. The van der Waals surface area contributed by atoms with E-state index in [2.05, 4.69) is 5.32 Å². The van der Waals surface area contributed by atoms with Crippen LogP contribution in [0.25, 0.3) is 0 Å². The van der Waals surface area contributed by atoms with Gasteiger partial charge in [0.05, 0.1) is 12.2 Å². The number of ether oxygens (including phenoxy) is 1. The first-order valence-corrected chi connectivity index (χ1v) is 8.77. The Morgan fingerprint density at radius 3 is 2.67 bits per heavy atom. The summed E-state index contributed by atoms with van der Waals surface area (Å²) < 4.78 is 42.0. The smallest absolute Gasteiger partial charge is 0.422 e. The van der Waals surface area contributed by atoms with Gasteiger partial charge in [0.25, 0.3) is 0 Å². The third kappa shape index (κ3) is 5.29. The molecule has 0 bridgehead atoms. The van der Waals surface area contributed by atoms with Crippen LogP contribution in [0.1, 0.15) is 11.1 Å². The van der Waals surface area contributed by atoms with Crippen molar-refractivity contribution in [2.45, 2.75) is 19.1 Å². The number of nitrogens with zero attached hydrogens (tertiary/aromatic N) is 1. The predicted molar refractivity (Wildman–Crippen MR) is 97.1 cm³/mol. The van der Waals surface area contributed by atoms with Gasteiger partial charge in [0.15, 0.2) is 6.61 Å². The van der Waals surface area contributed by atoms with Crippen LogP contribution in [0.3, 0.4) is 0 Å².